The molecule has 2 nitrogen and oxygen atoms in total. The summed E-state index contributed by atoms with van der Waals surface area (Å²) in [5.74, 6) is -0.446. The molecule has 0 bridgehead atoms. The van der Waals surface area contributed by atoms with Crippen LogP contribution in [0.4, 0.5) is 4.39 Å². The van der Waals surface area contributed by atoms with E-state index in [-0.39, 0.29) is 5.02 Å². The fourth-order valence-electron chi connectivity index (χ4n) is 1.05. The molecular weight excluding hydrogens is 193 g/mol. The molecule has 0 fully saturated rings. The van der Waals surface area contributed by atoms with E-state index in [9.17, 15) is 4.39 Å². The third kappa shape index (κ3) is 2.66. The fourth-order valence-corrected chi connectivity index (χ4v) is 1.28. The minimum absolute atomic E-state index is 0.283. The molecule has 0 aliphatic carbocycles. The van der Waals surface area contributed by atoms with E-state index in [4.69, 9.17) is 22.4 Å². The van der Waals surface area contributed by atoms with E-state index < -0.39 is 18.0 Å². The molecule has 0 heterocycles. The number of rotatable bonds is 2. The number of hydrogen-bond donors (Lipinski definition) is 2. The van der Waals surface area contributed by atoms with Gasteiger partial charge < -0.3 is 10.8 Å². The van der Waals surface area contributed by atoms with Gasteiger partial charge in [0.05, 0.1) is 12.1 Å². The first-order valence-electron chi connectivity index (χ1n) is 3.90. The Morgan fingerprint density at radius 3 is 2.54 bits per heavy atom. The normalized spacial score (nSPS) is 15.5. The van der Waals surface area contributed by atoms with Gasteiger partial charge in [0, 0.05) is 5.02 Å². The molecule has 0 amide bonds. The van der Waals surface area contributed by atoms with Crippen LogP contribution in [0.1, 0.15) is 18.5 Å². The average Bonchev–Trinajstić information content (AvgIpc) is 2.01. The maximum atomic E-state index is 12.8. The lowest BCUT2D eigenvalue weighted by molar-refractivity contribution is 0.164. The number of aliphatic hydroxyl groups excluding tert-OH is 1. The number of hydrogen-bond acceptors (Lipinski definition) is 2. The van der Waals surface area contributed by atoms with Gasteiger partial charge in [0.2, 0.25) is 0 Å². The lowest BCUT2D eigenvalue weighted by Crippen LogP contribution is -2.23. The first-order chi connectivity index (χ1) is 6.00. The summed E-state index contributed by atoms with van der Waals surface area (Å²) in [6, 6.07) is 3.40. The molecule has 0 spiro atoms. The van der Waals surface area contributed by atoms with Crippen LogP contribution in [0.15, 0.2) is 18.2 Å². The first kappa shape index (κ1) is 10.4. The fraction of sp³-hybridized carbons (Fsp3) is 0.333. The molecule has 0 saturated heterocycles. The van der Waals surface area contributed by atoms with E-state index in [1.165, 1.54) is 12.1 Å². The minimum Gasteiger partial charge on any atom is -0.391 e. The Morgan fingerprint density at radius 1 is 1.46 bits per heavy atom. The zero-order chi connectivity index (χ0) is 10.0. The van der Waals surface area contributed by atoms with E-state index in [1.54, 1.807) is 13.0 Å². The Balaban J connectivity index is 3.01. The zero-order valence-corrected chi connectivity index (χ0v) is 7.92. The summed E-state index contributed by atoms with van der Waals surface area (Å²) in [6.45, 7) is 1.55. The van der Waals surface area contributed by atoms with Crippen molar-refractivity contribution in [1.29, 1.82) is 0 Å². The van der Waals surface area contributed by atoms with Crippen LogP contribution in [-0.4, -0.2) is 11.2 Å². The molecule has 0 aromatic heterocycles. The van der Waals surface area contributed by atoms with Gasteiger partial charge in [-0.1, -0.05) is 11.6 Å². The predicted molar refractivity (Wildman–Crippen MR) is 50.0 cm³/mol. The molecule has 13 heavy (non-hydrogen) atoms. The van der Waals surface area contributed by atoms with Gasteiger partial charge in [-0.2, -0.15) is 0 Å². The quantitative estimate of drug-likeness (QED) is 0.771. The van der Waals surface area contributed by atoms with Gasteiger partial charge in [0.15, 0.2) is 0 Å². The van der Waals surface area contributed by atoms with Crippen molar-refractivity contribution < 1.29 is 9.50 Å². The number of halogens is 2. The van der Waals surface area contributed by atoms with Crippen LogP contribution in [0.3, 0.4) is 0 Å². The van der Waals surface area contributed by atoms with Crippen molar-refractivity contribution in [2.45, 2.75) is 19.1 Å². The van der Waals surface area contributed by atoms with Gasteiger partial charge in [-0.25, -0.2) is 4.39 Å². The second-order valence-electron chi connectivity index (χ2n) is 2.97. The number of benzene rings is 1. The van der Waals surface area contributed by atoms with E-state index in [0.29, 0.717) is 5.56 Å². The Bertz CT molecular complexity index is 283. The van der Waals surface area contributed by atoms with Crippen molar-refractivity contribution in [3.05, 3.63) is 34.6 Å². The maximum Gasteiger partial charge on any atom is 0.125 e. The molecule has 1 aromatic carbocycles. The molecule has 3 N–H and O–H groups in total. The monoisotopic (exact) mass is 203 g/mol. The molecule has 1 rings (SSSR count). The summed E-state index contributed by atoms with van der Waals surface area (Å²) in [5.41, 5.74) is 6.10. The van der Waals surface area contributed by atoms with Crippen molar-refractivity contribution in [2.75, 3.05) is 0 Å². The van der Waals surface area contributed by atoms with Crippen LogP contribution in [0, 0.1) is 5.82 Å². The average molecular weight is 204 g/mol. The summed E-state index contributed by atoms with van der Waals surface area (Å²) < 4.78 is 12.8. The molecule has 2 atom stereocenters. The molecular formula is C9H11ClFNO. The Morgan fingerprint density at radius 2 is 2.08 bits per heavy atom. The van der Waals surface area contributed by atoms with Gasteiger partial charge in [0.25, 0.3) is 0 Å². The zero-order valence-electron chi connectivity index (χ0n) is 7.17. The van der Waals surface area contributed by atoms with E-state index >= 15 is 0 Å². The van der Waals surface area contributed by atoms with Crippen molar-refractivity contribution in [2.24, 2.45) is 5.73 Å². The van der Waals surface area contributed by atoms with Crippen LogP contribution >= 0.6 is 11.6 Å². The number of aliphatic hydroxyl groups is 1. The number of nitrogens with two attached hydrogens (primary N) is 1. The second kappa shape index (κ2) is 4.05. The predicted octanol–water partition coefficient (Wildman–Crippen LogP) is 1.86. The molecule has 72 valence electrons. The van der Waals surface area contributed by atoms with E-state index in [0.717, 1.165) is 0 Å². The van der Waals surface area contributed by atoms with Crippen LogP contribution in [0.2, 0.25) is 5.02 Å². The lowest BCUT2D eigenvalue weighted by atomic mass is 10.0. The van der Waals surface area contributed by atoms with Gasteiger partial charge in [-0.15, -0.1) is 0 Å². The lowest BCUT2D eigenvalue weighted by Gasteiger charge is -2.15. The highest BCUT2D eigenvalue weighted by Gasteiger charge is 2.13. The van der Waals surface area contributed by atoms with Crippen molar-refractivity contribution in [3.8, 4) is 0 Å². The van der Waals surface area contributed by atoms with Crippen LogP contribution in [0.25, 0.3) is 0 Å². The van der Waals surface area contributed by atoms with Crippen LogP contribution in [-0.2, 0) is 0 Å². The standard InChI is InChI=1S/C9H11ClFNO/c1-5(13)9(12)6-2-7(10)4-8(11)3-6/h2-5,9,13H,12H2,1H3. The smallest absolute Gasteiger partial charge is 0.125 e. The maximum absolute atomic E-state index is 12.8. The summed E-state index contributed by atoms with van der Waals surface area (Å²) >= 11 is 5.62. The Kier molecular flexibility index (Phi) is 3.25. The van der Waals surface area contributed by atoms with Gasteiger partial charge in [0.1, 0.15) is 5.82 Å². The summed E-state index contributed by atoms with van der Waals surface area (Å²) in [7, 11) is 0. The molecule has 0 aliphatic heterocycles. The van der Waals surface area contributed by atoms with E-state index in [2.05, 4.69) is 0 Å². The van der Waals surface area contributed by atoms with Gasteiger partial charge in [-0.05, 0) is 30.7 Å². The second-order valence-corrected chi connectivity index (χ2v) is 3.41. The largest absolute Gasteiger partial charge is 0.391 e. The SMILES string of the molecule is CC(O)C(N)c1cc(F)cc(Cl)c1. The molecule has 0 radical (unpaired) electrons. The molecule has 4 heteroatoms. The highest BCUT2D eigenvalue weighted by molar-refractivity contribution is 6.30. The molecule has 2 unspecified atom stereocenters. The van der Waals surface area contributed by atoms with Crippen molar-refractivity contribution >= 4 is 11.6 Å². The molecule has 0 aliphatic rings. The third-order valence-corrected chi connectivity index (χ3v) is 2.01. The molecule has 1 aromatic rings. The highest BCUT2D eigenvalue weighted by Crippen LogP contribution is 2.20. The van der Waals surface area contributed by atoms with Crippen molar-refractivity contribution in [1.82, 2.24) is 0 Å². The highest BCUT2D eigenvalue weighted by atomic mass is 35.5. The minimum atomic E-state index is -0.724. The topological polar surface area (TPSA) is 46.2 Å². The summed E-state index contributed by atoms with van der Waals surface area (Å²) in [5, 5.41) is 9.45. The van der Waals surface area contributed by atoms with Crippen molar-refractivity contribution in [3.63, 3.8) is 0 Å². The third-order valence-electron chi connectivity index (χ3n) is 1.79. The Hall–Kier alpha value is -0.640. The van der Waals surface area contributed by atoms with E-state index in [1.807, 2.05) is 0 Å². The summed E-state index contributed by atoms with van der Waals surface area (Å²) in [4.78, 5) is 0. The summed E-state index contributed by atoms with van der Waals surface area (Å²) in [6.07, 6.45) is -0.724. The van der Waals surface area contributed by atoms with Gasteiger partial charge in [-0.3, -0.25) is 0 Å². The van der Waals surface area contributed by atoms with Gasteiger partial charge >= 0.3 is 0 Å². The first-order valence-corrected chi connectivity index (χ1v) is 4.28. The molecule has 0 saturated carbocycles. The van der Waals surface area contributed by atoms with Crippen LogP contribution < -0.4 is 5.73 Å². The van der Waals surface area contributed by atoms with Crippen LogP contribution in [0.5, 0.6) is 0 Å². The Labute approximate surface area is 81.1 Å².